The molecule has 0 aliphatic heterocycles. The Kier molecular flexibility index (Phi) is 8.05. The van der Waals surface area contributed by atoms with E-state index in [-0.39, 0.29) is 6.10 Å². The van der Waals surface area contributed by atoms with Gasteiger partial charge in [0.25, 0.3) is 0 Å². The van der Waals surface area contributed by atoms with E-state index >= 15 is 0 Å². The Morgan fingerprint density at radius 1 is 0.580 bits per heavy atom. The summed E-state index contributed by atoms with van der Waals surface area (Å²) >= 11 is 0. The highest BCUT2D eigenvalue weighted by Crippen LogP contribution is 2.52. The molecule has 0 saturated carbocycles. The second kappa shape index (κ2) is 12.7. The Bertz CT molecular complexity index is 2190. The highest BCUT2D eigenvalue weighted by atomic mass is 16.5. The topological polar surface area (TPSA) is 24.9 Å². The molecule has 8 rings (SSSR count). The number of hydrogen-bond donors (Lipinski definition) is 0. The summed E-state index contributed by atoms with van der Waals surface area (Å²) in [5.74, 6) is 0.853. The maximum absolute atomic E-state index is 6.30. The summed E-state index contributed by atoms with van der Waals surface area (Å²) in [4.78, 5) is 4.76. The lowest BCUT2D eigenvalue weighted by Crippen LogP contribution is -2.26. The lowest BCUT2D eigenvalue weighted by Gasteiger charge is -2.37. The monoisotopic (exact) mass is 654 g/mol. The number of rotatable bonds is 8. The number of hydrogen-bond acceptors (Lipinski definition) is 4. The fourth-order valence-corrected chi connectivity index (χ4v) is 7.54. The molecule has 0 spiro atoms. The van der Waals surface area contributed by atoms with Crippen LogP contribution in [0.3, 0.4) is 0 Å². The Hall–Kier alpha value is -5.58. The number of nitrogens with zero attached hydrogens (tertiary/aromatic N) is 2. The van der Waals surface area contributed by atoms with Crippen LogP contribution >= 0.6 is 0 Å². The minimum Gasteiger partial charge on any atom is -0.496 e. The summed E-state index contributed by atoms with van der Waals surface area (Å²) in [6.07, 6.45) is 5.23. The predicted octanol–water partition coefficient (Wildman–Crippen LogP) is 11.7. The Balaban J connectivity index is 1.41. The second-order valence-corrected chi connectivity index (χ2v) is 13.6. The number of allylic oxidation sites excluding steroid dienone is 1. The van der Waals surface area contributed by atoms with Gasteiger partial charge in [0.15, 0.2) is 0 Å². The average molecular weight is 655 g/mol. The van der Waals surface area contributed by atoms with Crippen molar-refractivity contribution in [3.8, 4) is 5.75 Å². The van der Waals surface area contributed by atoms with Gasteiger partial charge in [0.2, 0.25) is 0 Å². The van der Waals surface area contributed by atoms with Crippen LogP contribution in [0.25, 0.3) is 22.0 Å². The van der Waals surface area contributed by atoms with E-state index < -0.39 is 0 Å². The maximum Gasteiger partial charge on any atom is 0.128 e. The van der Waals surface area contributed by atoms with E-state index in [0.717, 1.165) is 51.7 Å². The summed E-state index contributed by atoms with van der Waals surface area (Å²) in [6, 6.07) is 41.9. The van der Waals surface area contributed by atoms with Crippen LogP contribution in [0.15, 0.2) is 127 Å². The van der Waals surface area contributed by atoms with Crippen molar-refractivity contribution in [1.29, 1.82) is 0 Å². The van der Waals surface area contributed by atoms with Crippen LogP contribution in [-0.4, -0.2) is 20.3 Å². The molecule has 1 atom stereocenters. The SMILES string of the molecule is COc1cc(N(c2ccc(C)cc2)c2ccc(C)cc2)c2c3c4c(ccc13)C(N(c1ccc(C)cc1)c1ccc(C)cc1)=CC(OC)C4=CC2. The lowest BCUT2D eigenvalue weighted by molar-refractivity contribution is 0.184. The van der Waals surface area contributed by atoms with Crippen LogP contribution in [0.2, 0.25) is 0 Å². The van der Waals surface area contributed by atoms with Crippen LogP contribution in [0.1, 0.15) is 38.9 Å². The third-order valence-corrected chi connectivity index (χ3v) is 10.2. The van der Waals surface area contributed by atoms with Crippen LogP contribution in [-0.2, 0) is 11.2 Å². The van der Waals surface area contributed by atoms with Gasteiger partial charge in [-0.05, 0) is 117 Å². The molecule has 0 amide bonds. The summed E-state index contributed by atoms with van der Waals surface area (Å²) in [5.41, 5.74) is 16.4. The van der Waals surface area contributed by atoms with E-state index in [4.69, 9.17) is 9.47 Å². The van der Waals surface area contributed by atoms with E-state index in [1.54, 1.807) is 7.11 Å². The molecule has 6 aromatic rings. The van der Waals surface area contributed by atoms with Gasteiger partial charge < -0.3 is 19.3 Å². The van der Waals surface area contributed by atoms with E-state index in [1.165, 1.54) is 49.9 Å². The average Bonchev–Trinajstić information content (AvgIpc) is 3.14. The molecule has 2 aliphatic rings. The van der Waals surface area contributed by atoms with Gasteiger partial charge in [-0.15, -0.1) is 0 Å². The Labute approximate surface area is 295 Å². The molecule has 248 valence electrons. The molecule has 0 radical (unpaired) electrons. The molecule has 6 aromatic carbocycles. The fourth-order valence-electron chi connectivity index (χ4n) is 7.54. The summed E-state index contributed by atoms with van der Waals surface area (Å²) in [5, 5.41) is 2.33. The molecular formula is C46H42N2O2. The van der Waals surface area contributed by atoms with Crippen molar-refractivity contribution in [3.63, 3.8) is 0 Å². The zero-order valence-corrected chi connectivity index (χ0v) is 29.6. The normalized spacial score (nSPS) is 14.6. The zero-order valence-electron chi connectivity index (χ0n) is 29.6. The number of methoxy groups -OCH3 is 2. The zero-order chi connectivity index (χ0) is 34.5. The molecule has 0 aromatic heterocycles. The van der Waals surface area contributed by atoms with Crippen LogP contribution in [0, 0.1) is 27.7 Å². The number of aryl methyl sites for hydroxylation is 4. The summed E-state index contributed by atoms with van der Waals surface area (Å²) < 4.78 is 12.5. The summed E-state index contributed by atoms with van der Waals surface area (Å²) in [6.45, 7) is 8.53. The van der Waals surface area contributed by atoms with Gasteiger partial charge in [0.1, 0.15) is 11.9 Å². The van der Waals surface area contributed by atoms with Crippen LogP contribution in [0.5, 0.6) is 5.75 Å². The molecule has 0 fully saturated rings. The first-order valence-corrected chi connectivity index (χ1v) is 17.3. The molecule has 0 saturated heterocycles. The van der Waals surface area contributed by atoms with Gasteiger partial charge in [-0.3, -0.25) is 0 Å². The van der Waals surface area contributed by atoms with Gasteiger partial charge in [-0.2, -0.15) is 0 Å². The first-order valence-electron chi connectivity index (χ1n) is 17.3. The lowest BCUT2D eigenvalue weighted by atomic mass is 9.78. The van der Waals surface area contributed by atoms with E-state index in [0.29, 0.717) is 0 Å². The number of benzene rings is 6. The molecule has 2 aliphatic carbocycles. The summed E-state index contributed by atoms with van der Waals surface area (Å²) in [7, 11) is 3.60. The van der Waals surface area contributed by atoms with Gasteiger partial charge in [0, 0.05) is 46.9 Å². The molecule has 4 heteroatoms. The Morgan fingerprint density at radius 2 is 1.06 bits per heavy atom. The third-order valence-electron chi connectivity index (χ3n) is 10.2. The van der Waals surface area contributed by atoms with Gasteiger partial charge in [-0.1, -0.05) is 82.9 Å². The van der Waals surface area contributed by atoms with Crippen molar-refractivity contribution >= 4 is 50.5 Å². The first kappa shape index (κ1) is 31.7. The minimum absolute atomic E-state index is 0.213. The number of ether oxygens (including phenoxy) is 2. The van der Waals surface area contributed by atoms with E-state index in [1.807, 2.05) is 7.11 Å². The van der Waals surface area contributed by atoms with Crippen LogP contribution in [0.4, 0.5) is 28.4 Å². The van der Waals surface area contributed by atoms with Gasteiger partial charge >= 0.3 is 0 Å². The van der Waals surface area contributed by atoms with Crippen molar-refractivity contribution in [2.45, 2.75) is 40.2 Å². The smallest absolute Gasteiger partial charge is 0.128 e. The van der Waals surface area contributed by atoms with Gasteiger partial charge in [-0.25, -0.2) is 0 Å². The standard InChI is InChI=1S/C46H42N2O2/c1-29-7-15-33(16-8-29)47(34-17-9-30(2)10-18-34)41-27-43(49-5)39-26-24-38-42(28-44(50-6)40-25-23-37(41)45(39)46(38)40)48(35-19-11-31(3)12-20-35)36-21-13-32(4)14-22-36/h7-23,25-28,43H,24H2,1-6H3. The molecule has 50 heavy (non-hydrogen) atoms. The van der Waals surface area contributed by atoms with Crippen LogP contribution < -0.4 is 14.5 Å². The molecular weight excluding hydrogens is 613 g/mol. The van der Waals surface area contributed by atoms with Crippen molar-refractivity contribution < 1.29 is 9.47 Å². The largest absolute Gasteiger partial charge is 0.496 e. The van der Waals surface area contributed by atoms with Crippen molar-refractivity contribution in [3.05, 3.63) is 166 Å². The molecule has 0 bridgehead atoms. The molecule has 0 heterocycles. The quantitative estimate of drug-likeness (QED) is 0.163. The van der Waals surface area contributed by atoms with Crippen molar-refractivity contribution in [2.24, 2.45) is 0 Å². The van der Waals surface area contributed by atoms with E-state index in [9.17, 15) is 0 Å². The second-order valence-electron chi connectivity index (χ2n) is 13.6. The minimum atomic E-state index is -0.213. The van der Waals surface area contributed by atoms with E-state index in [2.05, 4.69) is 165 Å². The molecule has 0 N–H and O–H groups in total. The third kappa shape index (κ3) is 5.37. The maximum atomic E-state index is 6.30. The highest BCUT2D eigenvalue weighted by Gasteiger charge is 2.34. The highest BCUT2D eigenvalue weighted by molar-refractivity contribution is 6.11. The van der Waals surface area contributed by atoms with Gasteiger partial charge in [0.05, 0.1) is 18.5 Å². The first-order chi connectivity index (χ1) is 24.3. The Morgan fingerprint density at radius 3 is 1.52 bits per heavy atom. The van der Waals surface area contributed by atoms with Crippen molar-refractivity contribution in [1.82, 2.24) is 0 Å². The number of anilines is 5. The van der Waals surface area contributed by atoms with Crippen molar-refractivity contribution in [2.75, 3.05) is 24.0 Å². The fraction of sp³-hybridized carbons (Fsp3) is 0.174. The molecule has 4 nitrogen and oxygen atoms in total. The predicted molar refractivity (Wildman–Crippen MR) is 210 cm³/mol. The molecule has 1 unspecified atom stereocenters.